The Hall–Kier alpha value is -3.51. The average molecular weight is 586 g/mol. The van der Waals surface area contributed by atoms with E-state index in [1.807, 2.05) is 46.1 Å². The Labute approximate surface area is 241 Å². The number of halogens is 2. The highest BCUT2D eigenvalue weighted by atomic mass is 35.5. The third kappa shape index (κ3) is 5.42. The molecular weight excluding hydrogens is 557 g/mol. The van der Waals surface area contributed by atoms with Gasteiger partial charge in [0.25, 0.3) is 0 Å². The zero-order valence-electron chi connectivity index (χ0n) is 21.9. The first-order chi connectivity index (χ1) is 19.4. The van der Waals surface area contributed by atoms with Crippen LogP contribution in [0.4, 0.5) is 5.69 Å². The molecule has 11 nitrogen and oxygen atoms in total. The van der Waals surface area contributed by atoms with Gasteiger partial charge in [0, 0.05) is 48.8 Å². The zero-order chi connectivity index (χ0) is 27.7. The second kappa shape index (κ2) is 11.2. The minimum absolute atomic E-state index is 0.137. The van der Waals surface area contributed by atoms with Crippen LogP contribution in [0.15, 0.2) is 72.3 Å². The number of imidazole rings is 1. The van der Waals surface area contributed by atoms with Crippen molar-refractivity contribution >= 4 is 28.9 Å². The number of anilines is 1. The Morgan fingerprint density at radius 1 is 1.07 bits per heavy atom. The second-order valence-electron chi connectivity index (χ2n) is 9.79. The van der Waals surface area contributed by atoms with Crippen LogP contribution in [0, 0.1) is 0 Å². The summed E-state index contributed by atoms with van der Waals surface area (Å²) in [6.45, 7) is 4.07. The fraction of sp³-hybridized carbons (Fsp3) is 0.370. The molecule has 4 aromatic rings. The van der Waals surface area contributed by atoms with Crippen LogP contribution in [-0.2, 0) is 28.9 Å². The highest BCUT2D eigenvalue weighted by molar-refractivity contribution is 6.35. The second-order valence-corrected chi connectivity index (χ2v) is 10.6. The van der Waals surface area contributed by atoms with Crippen molar-refractivity contribution in [3.63, 3.8) is 0 Å². The Bertz CT molecular complexity index is 1500. The minimum atomic E-state index is -1.09. The minimum Gasteiger partial charge on any atom is -0.491 e. The van der Waals surface area contributed by atoms with Gasteiger partial charge in [-0.1, -0.05) is 29.3 Å². The van der Waals surface area contributed by atoms with Gasteiger partial charge < -0.3 is 28.7 Å². The van der Waals surface area contributed by atoms with Gasteiger partial charge in [0.2, 0.25) is 5.79 Å². The third-order valence-electron chi connectivity index (χ3n) is 7.16. The molecule has 2 aliphatic heterocycles. The monoisotopic (exact) mass is 585 g/mol. The van der Waals surface area contributed by atoms with Crippen molar-refractivity contribution in [1.29, 1.82) is 0 Å². The molecule has 2 unspecified atom stereocenters. The van der Waals surface area contributed by atoms with Crippen LogP contribution in [0.5, 0.6) is 5.75 Å². The number of piperazine rings is 1. The van der Waals surface area contributed by atoms with Crippen LogP contribution in [0.1, 0.15) is 5.56 Å². The maximum absolute atomic E-state index is 12.2. The van der Waals surface area contributed by atoms with Crippen molar-refractivity contribution in [2.24, 2.45) is 7.05 Å². The van der Waals surface area contributed by atoms with Gasteiger partial charge >= 0.3 is 5.69 Å². The van der Waals surface area contributed by atoms with Crippen LogP contribution in [-0.4, -0.2) is 69.5 Å². The quantitative estimate of drug-likeness (QED) is 0.312. The molecule has 0 bridgehead atoms. The summed E-state index contributed by atoms with van der Waals surface area (Å²) >= 11 is 12.7. The van der Waals surface area contributed by atoms with E-state index < -0.39 is 5.79 Å². The molecule has 2 aromatic carbocycles. The first-order valence-electron chi connectivity index (χ1n) is 13.0. The van der Waals surface area contributed by atoms with Gasteiger partial charge in [0.1, 0.15) is 24.8 Å². The topological polar surface area (TPSA) is 91.8 Å². The van der Waals surface area contributed by atoms with Crippen molar-refractivity contribution in [3.05, 3.63) is 93.6 Å². The van der Waals surface area contributed by atoms with Gasteiger partial charge in [-0.25, -0.2) is 14.5 Å². The molecule has 210 valence electrons. The number of rotatable bonds is 8. The Morgan fingerprint density at radius 3 is 2.55 bits per heavy atom. The number of hydrogen-bond donors (Lipinski definition) is 0. The molecule has 2 aromatic heterocycles. The van der Waals surface area contributed by atoms with Crippen molar-refractivity contribution in [2.75, 3.05) is 49.3 Å². The molecule has 40 heavy (non-hydrogen) atoms. The van der Waals surface area contributed by atoms with Crippen molar-refractivity contribution in [2.45, 2.75) is 18.4 Å². The number of aryl methyl sites for hydroxylation is 1. The summed E-state index contributed by atoms with van der Waals surface area (Å²) < 4.78 is 23.6. The molecule has 0 radical (unpaired) electrons. The molecule has 2 fully saturated rings. The van der Waals surface area contributed by atoms with E-state index in [4.69, 9.17) is 37.4 Å². The summed E-state index contributed by atoms with van der Waals surface area (Å²) in [5.41, 5.74) is 1.66. The molecule has 0 spiro atoms. The van der Waals surface area contributed by atoms with Gasteiger partial charge in [-0.15, -0.1) is 0 Å². The van der Waals surface area contributed by atoms with Gasteiger partial charge in [-0.2, -0.15) is 9.77 Å². The van der Waals surface area contributed by atoms with Crippen LogP contribution in [0.25, 0.3) is 0 Å². The molecule has 2 aliphatic rings. The number of nitrogens with zero attached hydrogens (tertiary/aromatic N) is 7. The fourth-order valence-corrected chi connectivity index (χ4v) is 5.61. The normalized spacial score (nSPS) is 21.2. The number of benzene rings is 2. The van der Waals surface area contributed by atoms with E-state index in [9.17, 15) is 4.79 Å². The smallest absolute Gasteiger partial charge is 0.364 e. The first-order valence-corrected chi connectivity index (χ1v) is 13.7. The predicted octanol–water partition coefficient (Wildman–Crippen LogP) is 2.89. The summed E-state index contributed by atoms with van der Waals surface area (Å²) in [6.07, 6.45) is 6.52. The average Bonchev–Trinajstić information content (AvgIpc) is 3.70. The molecule has 6 rings (SSSR count). The molecular formula is C27H29Cl2N7O4. The van der Waals surface area contributed by atoms with E-state index in [0.717, 1.165) is 37.6 Å². The molecule has 0 aliphatic carbocycles. The van der Waals surface area contributed by atoms with Crippen LogP contribution in [0.3, 0.4) is 0 Å². The molecule has 0 amide bonds. The van der Waals surface area contributed by atoms with E-state index in [1.165, 1.54) is 4.68 Å². The molecule has 2 saturated heterocycles. The molecule has 0 saturated carbocycles. The predicted molar refractivity (Wildman–Crippen MR) is 151 cm³/mol. The number of hydrogen-bond acceptors (Lipinski definition) is 8. The van der Waals surface area contributed by atoms with Crippen LogP contribution in [0.2, 0.25) is 10.0 Å². The van der Waals surface area contributed by atoms with E-state index in [0.29, 0.717) is 35.4 Å². The summed E-state index contributed by atoms with van der Waals surface area (Å²) in [7, 11) is 1.65. The van der Waals surface area contributed by atoms with Gasteiger partial charge in [0.05, 0.1) is 37.6 Å². The summed E-state index contributed by atoms with van der Waals surface area (Å²) in [5, 5.41) is 7.06. The van der Waals surface area contributed by atoms with Crippen molar-refractivity contribution in [3.8, 4) is 5.75 Å². The highest BCUT2D eigenvalue weighted by Gasteiger charge is 2.45. The van der Waals surface area contributed by atoms with Gasteiger partial charge in [-0.3, -0.25) is 0 Å². The van der Waals surface area contributed by atoms with Gasteiger partial charge in [-0.05, 0) is 36.4 Å². The van der Waals surface area contributed by atoms with E-state index >= 15 is 0 Å². The van der Waals surface area contributed by atoms with Gasteiger partial charge in [0.15, 0.2) is 0 Å². The Balaban J connectivity index is 1.06. The molecule has 2 atom stereocenters. The summed E-state index contributed by atoms with van der Waals surface area (Å²) in [5.74, 6) is -0.354. The van der Waals surface area contributed by atoms with Crippen molar-refractivity contribution in [1.82, 2.24) is 24.0 Å². The lowest BCUT2D eigenvalue weighted by molar-refractivity contribution is -0.189. The standard InChI is InChI=1S/C27H29Cl2N7O4/c1-32-26(37)36(19-31-32)35-12-10-34(11-13-35)21-3-5-22(6-4-21)38-15-23-16-39-27(40-23,17-33-9-8-30-18-33)24-7-2-20(28)14-25(24)29/h2-9,14,18-19,23H,10-13,15-17H2,1H3. The maximum atomic E-state index is 12.2. The number of ether oxygens (including phenoxy) is 3. The van der Waals surface area contributed by atoms with E-state index in [-0.39, 0.29) is 11.8 Å². The Kier molecular flexibility index (Phi) is 7.45. The first kappa shape index (κ1) is 26.7. The molecule has 13 heteroatoms. The van der Waals surface area contributed by atoms with E-state index in [1.54, 1.807) is 42.7 Å². The van der Waals surface area contributed by atoms with Crippen LogP contribution >= 0.6 is 23.2 Å². The zero-order valence-corrected chi connectivity index (χ0v) is 23.4. The molecule has 4 heterocycles. The third-order valence-corrected chi connectivity index (χ3v) is 7.70. The SMILES string of the molecule is Cn1ncn(N2CCN(c3ccc(OCC4COC(Cn5ccnc5)(c5ccc(Cl)cc5Cl)O4)cc3)CC2)c1=O. The fourth-order valence-electron chi connectivity index (χ4n) is 5.05. The summed E-state index contributed by atoms with van der Waals surface area (Å²) in [4.78, 5) is 18.6. The lowest BCUT2D eigenvalue weighted by Crippen LogP contribution is -2.54. The van der Waals surface area contributed by atoms with E-state index in [2.05, 4.69) is 15.0 Å². The van der Waals surface area contributed by atoms with Crippen molar-refractivity contribution < 1.29 is 14.2 Å². The lowest BCUT2D eigenvalue weighted by atomic mass is 10.1. The number of aromatic nitrogens is 5. The summed E-state index contributed by atoms with van der Waals surface area (Å²) in [6, 6.07) is 13.3. The molecule has 0 N–H and O–H groups in total. The largest absolute Gasteiger partial charge is 0.491 e. The highest BCUT2D eigenvalue weighted by Crippen LogP contribution is 2.40. The lowest BCUT2D eigenvalue weighted by Gasteiger charge is -2.36. The van der Waals surface area contributed by atoms with Crippen LogP contribution < -0.4 is 20.3 Å². The maximum Gasteiger partial charge on any atom is 0.364 e. The Morgan fingerprint density at radius 2 is 1.88 bits per heavy atom.